The van der Waals surface area contributed by atoms with Gasteiger partial charge in [-0.3, -0.25) is 0 Å². The second kappa shape index (κ2) is 7.61. The van der Waals surface area contributed by atoms with Gasteiger partial charge in [0.1, 0.15) is 17.5 Å². The van der Waals surface area contributed by atoms with E-state index in [1.165, 1.54) is 12.5 Å². The molecule has 2 fully saturated rings. The third kappa shape index (κ3) is 3.52. The van der Waals surface area contributed by atoms with Gasteiger partial charge in [0.25, 0.3) is 0 Å². The molecule has 2 aromatic rings. The Morgan fingerprint density at radius 2 is 2.07 bits per heavy atom. The van der Waals surface area contributed by atoms with Crippen molar-refractivity contribution >= 4 is 34.9 Å². The molecule has 7 heteroatoms. The number of benzene rings is 1. The number of fused-ring (bicyclic) bond motifs is 2. The summed E-state index contributed by atoms with van der Waals surface area (Å²) in [5, 5.41) is 13.8. The fourth-order valence-electron chi connectivity index (χ4n) is 5.07. The Labute approximate surface area is 186 Å². The molecular weight excluding hydrogens is 423 g/mol. The molecule has 30 heavy (non-hydrogen) atoms. The molecule has 2 aliphatic carbocycles. The third-order valence-corrected chi connectivity index (χ3v) is 8.03. The average Bonchev–Trinajstić information content (AvgIpc) is 3.03. The van der Waals surface area contributed by atoms with Gasteiger partial charge in [0.05, 0.1) is 16.9 Å². The van der Waals surface area contributed by atoms with E-state index in [1.54, 1.807) is 24.4 Å². The van der Waals surface area contributed by atoms with Gasteiger partial charge < -0.3 is 15.2 Å². The fourth-order valence-corrected chi connectivity index (χ4v) is 5.60. The van der Waals surface area contributed by atoms with E-state index in [2.05, 4.69) is 31.1 Å². The summed E-state index contributed by atoms with van der Waals surface area (Å²) in [5.74, 6) is 0.218. The second-order valence-corrected chi connectivity index (χ2v) is 10.0. The van der Waals surface area contributed by atoms with Gasteiger partial charge in [0, 0.05) is 22.5 Å². The molecule has 4 rings (SSSR count). The number of pyridine rings is 1. The lowest BCUT2D eigenvalue weighted by Gasteiger charge is -2.38. The minimum absolute atomic E-state index is 0.0102. The number of hydrogen-bond donors (Lipinski definition) is 2. The van der Waals surface area contributed by atoms with Crippen LogP contribution >= 0.6 is 23.2 Å². The van der Waals surface area contributed by atoms with Gasteiger partial charge >= 0.3 is 5.97 Å². The van der Waals surface area contributed by atoms with Crippen LogP contribution in [0.4, 0.5) is 5.69 Å². The van der Waals surface area contributed by atoms with Gasteiger partial charge in [-0.05, 0) is 54.9 Å². The maximum atomic E-state index is 12.7. The largest absolute Gasteiger partial charge is 0.506 e. The molecule has 1 heterocycles. The second-order valence-electron chi connectivity index (χ2n) is 9.19. The first-order valence-electron chi connectivity index (χ1n) is 10.2. The summed E-state index contributed by atoms with van der Waals surface area (Å²) < 4.78 is 5.90. The third-order valence-electron chi connectivity index (χ3n) is 7.53. The first kappa shape index (κ1) is 21.3. The molecule has 1 aromatic heterocycles. The number of nitrogens with one attached hydrogen (secondary N) is 1. The van der Waals surface area contributed by atoms with Crippen molar-refractivity contribution in [1.82, 2.24) is 4.98 Å². The number of carbonyl (C=O) groups excluding carboxylic acids is 1. The normalized spacial score (nSPS) is 26.6. The molecule has 0 amide bonds. The van der Waals surface area contributed by atoms with Gasteiger partial charge in [-0.2, -0.15) is 0 Å². The van der Waals surface area contributed by atoms with Crippen LogP contribution in [0.2, 0.25) is 10.0 Å². The molecule has 2 N–H and O–H groups in total. The molecule has 3 atom stereocenters. The molecule has 5 nitrogen and oxygen atoms in total. The average molecular weight is 449 g/mol. The minimum Gasteiger partial charge on any atom is -0.506 e. The van der Waals surface area contributed by atoms with Crippen molar-refractivity contribution in [2.45, 2.75) is 52.7 Å². The van der Waals surface area contributed by atoms with Crippen LogP contribution < -0.4 is 5.32 Å². The van der Waals surface area contributed by atoms with Crippen LogP contribution in [0.25, 0.3) is 0 Å². The summed E-state index contributed by atoms with van der Waals surface area (Å²) >= 11 is 11.9. The number of rotatable bonds is 5. The Morgan fingerprint density at radius 1 is 1.30 bits per heavy atom. The Balaban J connectivity index is 1.39. The van der Waals surface area contributed by atoms with E-state index >= 15 is 0 Å². The maximum absolute atomic E-state index is 12.7. The zero-order chi connectivity index (χ0) is 21.7. The molecule has 0 saturated heterocycles. The number of ether oxygens (including phenoxy) is 1. The first-order chi connectivity index (χ1) is 14.1. The van der Waals surface area contributed by atoms with E-state index in [0.29, 0.717) is 34.4 Å². The highest BCUT2D eigenvalue weighted by atomic mass is 35.5. The fraction of sp³-hybridized carbons (Fsp3) is 0.478. The van der Waals surface area contributed by atoms with Crippen LogP contribution in [0.3, 0.4) is 0 Å². The number of hydrogen-bond acceptors (Lipinski definition) is 5. The number of phenols is 1. The van der Waals surface area contributed by atoms with Gasteiger partial charge in [-0.25, -0.2) is 9.78 Å². The quantitative estimate of drug-likeness (QED) is 0.542. The Bertz CT molecular complexity index is 977. The summed E-state index contributed by atoms with van der Waals surface area (Å²) in [6.45, 7) is 7.15. The van der Waals surface area contributed by atoms with E-state index in [4.69, 9.17) is 27.9 Å². The molecular formula is C23H26Cl2N2O3. The summed E-state index contributed by atoms with van der Waals surface area (Å²) in [6, 6.07) is 6.54. The van der Waals surface area contributed by atoms with E-state index in [-0.39, 0.29) is 33.7 Å². The first-order valence-corrected chi connectivity index (χ1v) is 11.0. The number of aromatic nitrogens is 1. The van der Waals surface area contributed by atoms with Crippen LogP contribution in [0.1, 0.15) is 56.1 Å². The SMILES string of the molecule is CC1(C)C2CCC1(C)C(OC(=O)c1ccc(NCc3cc(Cl)cc(Cl)c3O)cn1)C2. The zero-order valence-corrected chi connectivity index (χ0v) is 18.8. The number of aromatic hydroxyl groups is 1. The van der Waals surface area contributed by atoms with E-state index < -0.39 is 0 Å². The van der Waals surface area contributed by atoms with Crippen LogP contribution in [0, 0.1) is 16.7 Å². The van der Waals surface area contributed by atoms with Crippen LogP contribution in [0.5, 0.6) is 5.75 Å². The molecule has 2 saturated carbocycles. The van der Waals surface area contributed by atoms with E-state index in [9.17, 15) is 9.90 Å². The van der Waals surface area contributed by atoms with Gasteiger partial charge in [-0.1, -0.05) is 44.0 Å². The number of phenolic OH excluding ortho intramolecular Hbond substituents is 1. The van der Waals surface area contributed by atoms with Crippen molar-refractivity contribution in [3.63, 3.8) is 0 Å². The Hall–Kier alpha value is -1.98. The smallest absolute Gasteiger partial charge is 0.357 e. The van der Waals surface area contributed by atoms with Crippen molar-refractivity contribution in [3.8, 4) is 5.75 Å². The van der Waals surface area contributed by atoms with Crippen molar-refractivity contribution in [2.75, 3.05) is 5.32 Å². The molecule has 2 aliphatic rings. The van der Waals surface area contributed by atoms with Crippen LogP contribution in [-0.4, -0.2) is 22.2 Å². The molecule has 3 unspecified atom stereocenters. The topological polar surface area (TPSA) is 71.5 Å². The summed E-state index contributed by atoms with van der Waals surface area (Å²) in [5.41, 5.74) is 1.78. The predicted molar refractivity (Wildman–Crippen MR) is 118 cm³/mol. The Morgan fingerprint density at radius 3 is 2.67 bits per heavy atom. The monoisotopic (exact) mass is 448 g/mol. The highest BCUT2D eigenvalue weighted by Gasteiger charge is 2.62. The standard InChI is InChI=1S/C23H26Cl2N2O3/c1-22(2)14-6-7-23(22,3)19(9-14)30-21(29)18-5-4-16(12-27-18)26-11-13-8-15(24)10-17(25)20(13)28/h4-5,8,10,12,14,19,26,28H,6-7,9,11H2,1-3H3. The Kier molecular flexibility index (Phi) is 5.39. The number of carbonyl (C=O) groups is 1. The summed E-state index contributed by atoms with van der Waals surface area (Å²) in [4.78, 5) is 16.9. The van der Waals surface area contributed by atoms with Gasteiger partial charge in [0.2, 0.25) is 0 Å². The molecule has 0 spiro atoms. The molecule has 2 bridgehead atoms. The van der Waals surface area contributed by atoms with E-state index in [0.717, 1.165) is 12.8 Å². The maximum Gasteiger partial charge on any atom is 0.357 e. The minimum atomic E-state index is -0.379. The van der Waals surface area contributed by atoms with Gasteiger partial charge in [0.15, 0.2) is 0 Å². The molecule has 0 radical (unpaired) electrons. The lowest BCUT2D eigenvalue weighted by atomic mass is 9.70. The lowest BCUT2D eigenvalue weighted by Crippen LogP contribution is -2.38. The highest BCUT2D eigenvalue weighted by Crippen LogP contribution is 2.66. The molecule has 1 aromatic carbocycles. The summed E-state index contributed by atoms with van der Waals surface area (Å²) in [6.07, 6.45) is 4.75. The lowest BCUT2D eigenvalue weighted by molar-refractivity contribution is -0.0247. The van der Waals surface area contributed by atoms with Crippen molar-refractivity contribution in [3.05, 3.63) is 51.8 Å². The van der Waals surface area contributed by atoms with E-state index in [1.807, 2.05) is 0 Å². The number of esters is 1. The van der Waals surface area contributed by atoms with Gasteiger partial charge in [-0.15, -0.1) is 0 Å². The highest BCUT2D eigenvalue weighted by molar-refractivity contribution is 6.35. The zero-order valence-electron chi connectivity index (χ0n) is 17.3. The predicted octanol–water partition coefficient (Wildman–Crippen LogP) is 6.08. The molecule has 160 valence electrons. The molecule has 0 aliphatic heterocycles. The van der Waals surface area contributed by atoms with Crippen LogP contribution in [0.15, 0.2) is 30.5 Å². The number of halogens is 2. The van der Waals surface area contributed by atoms with Crippen molar-refractivity contribution in [1.29, 1.82) is 0 Å². The number of nitrogens with zero attached hydrogens (tertiary/aromatic N) is 1. The van der Waals surface area contributed by atoms with Crippen molar-refractivity contribution in [2.24, 2.45) is 16.7 Å². The number of anilines is 1. The van der Waals surface area contributed by atoms with Crippen molar-refractivity contribution < 1.29 is 14.6 Å². The van der Waals surface area contributed by atoms with Crippen LogP contribution in [-0.2, 0) is 11.3 Å². The summed E-state index contributed by atoms with van der Waals surface area (Å²) in [7, 11) is 0.